The third-order valence-electron chi connectivity index (χ3n) is 2.54. The number of imidazole rings is 1. The van der Waals surface area contributed by atoms with Crippen molar-refractivity contribution in [3.63, 3.8) is 0 Å². The van der Waals surface area contributed by atoms with Gasteiger partial charge in [-0.25, -0.2) is 9.37 Å². The molecule has 2 rings (SSSR count). The Labute approximate surface area is 93.7 Å². The molecule has 0 bridgehead atoms. The summed E-state index contributed by atoms with van der Waals surface area (Å²) >= 11 is 0. The molecule has 0 unspecified atom stereocenters. The lowest BCUT2D eigenvalue weighted by atomic mass is 10.2. The van der Waals surface area contributed by atoms with E-state index in [-0.39, 0.29) is 5.82 Å². The van der Waals surface area contributed by atoms with Crippen LogP contribution in [0.2, 0.25) is 0 Å². The molecule has 16 heavy (non-hydrogen) atoms. The number of aromatic nitrogens is 2. The van der Waals surface area contributed by atoms with Crippen LogP contribution in [0.3, 0.4) is 0 Å². The third kappa shape index (κ3) is 2.05. The van der Waals surface area contributed by atoms with Crippen LogP contribution in [0, 0.1) is 5.82 Å². The SMILES string of the molecule is CCc1ncc(N)n1Cc1ccc(F)cc1. The van der Waals surface area contributed by atoms with Crippen LogP contribution in [0.5, 0.6) is 0 Å². The number of halogens is 1. The molecular weight excluding hydrogens is 205 g/mol. The molecule has 2 aromatic rings. The number of nitrogens with two attached hydrogens (primary N) is 1. The molecule has 0 amide bonds. The lowest BCUT2D eigenvalue weighted by Crippen LogP contribution is -2.07. The lowest BCUT2D eigenvalue weighted by molar-refractivity contribution is 0.626. The smallest absolute Gasteiger partial charge is 0.123 e. The van der Waals surface area contributed by atoms with Crippen molar-refractivity contribution < 1.29 is 4.39 Å². The lowest BCUT2D eigenvalue weighted by Gasteiger charge is -2.08. The second-order valence-electron chi connectivity index (χ2n) is 3.67. The van der Waals surface area contributed by atoms with Crippen molar-refractivity contribution >= 4 is 5.82 Å². The molecule has 0 saturated carbocycles. The molecule has 3 nitrogen and oxygen atoms in total. The van der Waals surface area contributed by atoms with E-state index in [2.05, 4.69) is 4.98 Å². The van der Waals surface area contributed by atoms with Gasteiger partial charge >= 0.3 is 0 Å². The Hall–Kier alpha value is -1.84. The van der Waals surface area contributed by atoms with Gasteiger partial charge in [-0.05, 0) is 17.7 Å². The summed E-state index contributed by atoms with van der Waals surface area (Å²) < 4.78 is 14.7. The van der Waals surface area contributed by atoms with Crippen molar-refractivity contribution in [3.05, 3.63) is 47.7 Å². The summed E-state index contributed by atoms with van der Waals surface area (Å²) in [6.07, 6.45) is 2.49. The Morgan fingerprint density at radius 1 is 1.31 bits per heavy atom. The molecule has 0 saturated heterocycles. The van der Waals surface area contributed by atoms with Gasteiger partial charge in [0.1, 0.15) is 17.5 Å². The molecule has 0 atom stereocenters. The van der Waals surface area contributed by atoms with E-state index in [1.54, 1.807) is 18.3 Å². The number of anilines is 1. The average molecular weight is 219 g/mol. The maximum Gasteiger partial charge on any atom is 0.123 e. The van der Waals surface area contributed by atoms with Crippen LogP contribution in [-0.2, 0) is 13.0 Å². The zero-order valence-corrected chi connectivity index (χ0v) is 9.15. The highest BCUT2D eigenvalue weighted by Gasteiger charge is 2.06. The fraction of sp³-hybridized carbons (Fsp3) is 0.250. The van der Waals surface area contributed by atoms with Crippen LogP contribution in [0.1, 0.15) is 18.3 Å². The van der Waals surface area contributed by atoms with Crippen LogP contribution >= 0.6 is 0 Å². The first kappa shape index (κ1) is 10.7. The van der Waals surface area contributed by atoms with Gasteiger partial charge in [0.05, 0.1) is 12.7 Å². The fourth-order valence-electron chi connectivity index (χ4n) is 1.67. The first-order valence-electron chi connectivity index (χ1n) is 5.25. The van der Waals surface area contributed by atoms with Crippen molar-refractivity contribution in [1.82, 2.24) is 9.55 Å². The summed E-state index contributed by atoms with van der Waals surface area (Å²) in [6, 6.07) is 6.42. The molecule has 84 valence electrons. The van der Waals surface area contributed by atoms with Gasteiger partial charge in [-0.2, -0.15) is 0 Å². The average Bonchev–Trinajstić information content (AvgIpc) is 2.63. The van der Waals surface area contributed by atoms with Crippen LogP contribution in [-0.4, -0.2) is 9.55 Å². The van der Waals surface area contributed by atoms with E-state index >= 15 is 0 Å². The molecule has 0 fully saturated rings. The normalized spacial score (nSPS) is 10.6. The van der Waals surface area contributed by atoms with Gasteiger partial charge in [0.25, 0.3) is 0 Å². The van der Waals surface area contributed by atoms with E-state index in [1.807, 2.05) is 11.5 Å². The Bertz CT molecular complexity index is 474. The Morgan fingerprint density at radius 3 is 2.62 bits per heavy atom. The largest absolute Gasteiger partial charge is 0.384 e. The summed E-state index contributed by atoms with van der Waals surface area (Å²) in [6.45, 7) is 2.66. The standard InChI is InChI=1S/C12H14FN3/c1-2-12-15-7-11(14)16(12)8-9-3-5-10(13)6-4-9/h3-7H,2,8,14H2,1H3. The summed E-state index contributed by atoms with van der Waals surface area (Å²) in [7, 11) is 0. The molecule has 0 aliphatic rings. The van der Waals surface area contributed by atoms with Gasteiger partial charge < -0.3 is 10.3 Å². The monoisotopic (exact) mass is 219 g/mol. The molecule has 0 radical (unpaired) electrons. The zero-order chi connectivity index (χ0) is 11.5. The predicted octanol–water partition coefficient (Wildman–Crippen LogP) is 2.22. The van der Waals surface area contributed by atoms with Gasteiger partial charge in [0, 0.05) is 6.42 Å². The Balaban J connectivity index is 2.26. The van der Waals surface area contributed by atoms with Crippen LogP contribution in [0.25, 0.3) is 0 Å². The van der Waals surface area contributed by atoms with Crippen LogP contribution in [0.4, 0.5) is 10.2 Å². The zero-order valence-electron chi connectivity index (χ0n) is 9.15. The highest BCUT2D eigenvalue weighted by molar-refractivity contribution is 5.30. The molecule has 0 spiro atoms. The summed E-state index contributed by atoms with van der Waals surface area (Å²) in [5.41, 5.74) is 6.84. The maximum absolute atomic E-state index is 12.7. The van der Waals surface area contributed by atoms with E-state index in [9.17, 15) is 4.39 Å². The third-order valence-corrected chi connectivity index (χ3v) is 2.54. The van der Waals surface area contributed by atoms with Crippen molar-refractivity contribution in [1.29, 1.82) is 0 Å². The first-order chi connectivity index (χ1) is 7.70. The van der Waals surface area contributed by atoms with Crippen molar-refractivity contribution in [2.75, 3.05) is 5.73 Å². The molecular formula is C12H14FN3. The molecule has 0 aliphatic heterocycles. The van der Waals surface area contributed by atoms with Gasteiger partial charge in [-0.1, -0.05) is 19.1 Å². The summed E-state index contributed by atoms with van der Waals surface area (Å²) in [5.74, 6) is 1.36. The van der Waals surface area contributed by atoms with Gasteiger partial charge in [-0.15, -0.1) is 0 Å². The predicted molar refractivity (Wildman–Crippen MR) is 61.5 cm³/mol. The highest BCUT2D eigenvalue weighted by Crippen LogP contribution is 2.12. The quantitative estimate of drug-likeness (QED) is 0.860. The number of nitrogens with zero attached hydrogens (tertiary/aromatic N) is 2. The number of rotatable bonds is 3. The number of hydrogen-bond donors (Lipinski definition) is 1. The molecule has 1 heterocycles. The highest BCUT2D eigenvalue weighted by atomic mass is 19.1. The van der Waals surface area contributed by atoms with Gasteiger partial charge in [0.2, 0.25) is 0 Å². The minimum atomic E-state index is -0.224. The molecule has 0 aliphatic carbocycles. The van der Waals surface area contributed by atoms with E-state index in [0.717, 1.165) is 17.8 Å². The Morgan fingerprint density at radius 2 is 2.00 bits per heavy atom. The fourth-order valence-corrected chi connectivity index (χ4v) is 1.67. The van der Waals surface area contributed by atoms with Crippen LogP contribution in [0.15, 0.2) is 30.5 Å². The molecule has 1 aromatic heterocycles. The second-order valence-corrected chi connectivity index (χ2v) is 3.67. The van der Waals surface area contributed by atoms with E-state index in [4.69, 9.17) is 5.73 Å². The van der Waals surface area contributed by atoms with Crippen molar-refractivity contribution in [2.45, 2.75) is 19.9 Å². The summed E-state index contributed by atoms with van der Waals surface area (Å²) in [5, 5.41) is 0. The number of nitrogen functional groups attached to an aromatic ring is 1. The van der Waals surface area contributed by atoms with E-state index in [0.29, 0.717) is 12.4 Å². The maximum atomic E-state index is 12.7. The van der Waals surface area contributed by atoms with Crippen molar-refractivity contribution in [3.8, 4) is 0 Å². The summed E-state index contributed by atoms with van der Waals surface area (Å²) in [4.78, 5) is 4.21. The minimum Gasteiger partial charge on any atom is -0.384 e. The van der Waals surface area contributed by atoms with Gasteiger partial charge in [-0.3, -0.25) is 0 Å². The Kier molecular flexibility index (Phi) is 2.90. The first-order valence-corrected chi connectivity index (χ1v) is 5.25. The number of hydrogen-bond acceptors (Lipinski definition) is 2. The number of aryl methyl sites for hydroxylation is 1. The van der Waals surface area contributed by atoms with E-state index in [1.165, 1.54) is 12.1 Å². The molecule has 4 heteroatoms. The van der Waals surface area contributed by atoms with E-state index < -0.39 is 0 Å². The van der Waals surface area contributed by atoms with Crippen molar-refractivity contribution in [2.24, 2.45) is 0 Å². The number of benzene rings is 1. The van der Waals surface area contributed by atoms with Gasteiger partial charge in [0.15, 0.2) is 0 Å². The second kappa shape index (κ2) is 4.35. The van der Waals surface area contributed by atoms with Crippen LogP contribution < -0.4 is 5.73 Å². The molecule has 2 N–H and O–H groups in total. The topological polar surface area (TPSA) is 43.8 Å². The minimum absolute atomic E-state index is 0.224. The molecule has 1 aromatic carbocycles.